The van der Waals surface area contributed by atoms with Crippen molar-refractivity contribution >= 4 is 29.0 Å². The molecule has 0 amide bonds. The number of hydrogen-bond acceptors (Lipinski definition) is 3. The molecule has 1 aromatic carbocycles. The fraction of sp³-hybridized carbons (Fsp3) is 0.417. The van der Waals surface area contributed by atoms with Crippen molar-refractivity contribution in [3.8, 4) is 0 Å². The SMILES string of the molecule is COCCCC(N)C(=O)c1ccc(Cl)c(Cl)c1. The Morgan fingerprint density at radius 1 is 1.41 bits per heavy atom. The summed E-state index contributed by atoms with van der Waals surface area (Å²) in [4.78, 5) is 11.9. The van der Waals surface area contributed by atoms with Gasteiger partial charge in [0.05, 0.1) is 16.1 Å². The van der Waals surface area contributed by atoms with Crippen LogP contribution >= 0.6 is 23.2 Å². The zero-order valence-corrected chi connectivity index (χ0v) is 11.1. The number of Topliss-reactive ketones (excluding diaryl/α,β-unsaturated/α-hetero) is 1. The molecule has 0 radical (unpaired) electrons. The first-order valence-electron chi connectivity index (χ1n) is 5.30. The molecule has 0 saturated carbocycles. The lowest BCUT2D eigenvalue weighted by Gasteiger charge is -2.10. The Morgan fingerprint density at radius 3 is 2.71 bits per heavy atom. The van der Waals surface area contributed by atoms with E-state index in [0.717, 1.165) is 6.42 Å². The fourth-order valence-corrected chi connectivity index (χ4v) is 1.74. The molecule has 1 atom stereocenters. The second kappa shape index (κ2) is 6.97. The Morgan fingerprint density at radius 2 is 2.12 bits per heavy atom. The molecule has 1 unspecified atom stereocenters. The van der Waals surface area contributed by atoms with Crippen molar-refractivity contribution in [1.82, 2.24) is 0 Å². The molecular weight excluding hydrogens is 261 g/mol. The minimum absolute atomic E-state index is 0.125. The average Bonchev–Trinajstić information content (AvgIpc) is 2.32. The number of carbonyl (C=O) groups is 1. The summed E-state index contributed by atoms with van der Waals surface area (Å²) in [7, 11) is 1.62. The summed E-state index contributed by atoms with van der Waals surface area (Å²) in [6.07, 6.45) is 1.34. The van der Waals surface area contributed by atoms with Crippen molar-refractivity contribution in [3.63, 3.8) is 0 Å². The number of methoxy groups -OCH3 is 1. The van der Waals surface area contributed by atoms with Crippen LogP contribution in [0.15, 0.2) is 18.2 Å². The van der Waals surface area contributed by atoms with Gasteiger partial charge in [0.2, 0.25) is 0 Å². The van der Waals surface area contributed by atoms with Gasteiger partial charge in [-0.25, -0.2) is 0 Å². The molecular formula is C12H15Cl2NO2. The van der Waals surface area contributed by atoms with Crippen molar-refractivity contribution in [2.45, 2.75) is 18.9 Å². The maximum atomic E-state index is 11.9. The van der Waals surface area contributed by atoms with Gasteiger partial charge in [0.25, 0.3) is 0 Å². The van der Waals surface area contributed by atoms with Gasteiger partial charge in [0, 0.05) is 19.3 Å². The third-order valence-electron chi connectivity index (χ3n) is 2.40. The number of ketones is 1. The van der Waals surface area contributed by atoms with E-state index in [0.29, 0.717) is 28.6 Å². The van der Waals surface area contributed by atoms with Gasteiger partial charge in [-0.15, -0.1) is 0 Å². The molecule has 0 aliphatic carbocycles. The molecule has 1 rings (SSSR count). The molecule has 0 spiro atoms. The Kier molecular flexibility index (Phi) is 5.92. The van der Waals surface area contributed by atoms with Gasteiger partial charge in [-0.05, 0) is 31.0 Å². The minimum atomic E-state index is -0.526. The van der Waals surface area contributed by atoms with Gasteiger partial charge in [-0.1, -0.05) is 23.2 Å². The van der Waals surface area contributed by atoms with Gasteiger partial charge in [-0.2, -0.15) is 0 Å². The number of ether oxygens (including phenoxy) is 1. The van der Waals surface area contributed by atoms with E-state index in [2.05, 4.69) is 0 Å². The van der Waals surface area contributed by atoms with Gasteiger partial charge in [-0.3, -0.25) is 4.79 Å². The topological polar surface area (TPSA) is 52.3 Å². The molecule has 94 valence electrons. The molecule has 0 heterocycles. The van der Waals surface area contributed by atoms with Gasteiger partial charge < -0.3 is 10.5 Å². The van der Waals surface area contributed by atoms with Crippen molar-refractivity contribution in [3.05, 3.63) is 33.8 Å². The van der Waals surface area contributed by atoms with E-state index in [1.165, 1.54) is 0 Å². The highest BCUT2D eigenvalue weighted by Crippen LogP contribution is 2.23. The summed E-state index contributed by atoms with van der Waals surface area (Å²) in [5.41, 5.74) is 6.29. The molecule has 0 saturated heterocycles. The quantitative estimate of drug-likeness (QED) is 0.642. The average molecular weight is 276 g/mol. The second-order valence-electron chi connectivity index (χ2n) is 3.73. The first kappa shape index (κ1) is 14.5. The van der Waals surface area contributed by atoms with Gasteiger partial charge in [0.15, 0.2) is 5.78 Å². The molecule has 2 N–H and O–H groups in total. The molecule has 0 aliphatic heterocycles. The third-order valence-corrected chi connectivity index (χ3v) is 3.14. The Bertz CT molecular complexity index is 396. The summed E-state index contributed by atoms with van der Waals surface area (Å²) in [6.45, 7) is 0.600. The van der Waals surface area contributed by atoms with Crippen LogP contribution in [0.5, 0.6) is 0 Å². The molecule has 17 heavy (non-hydrogen) atoms. The van der Waals surface area contributed by atoms with E-state index in [9.17, 15) is 4.79 Å². The molecule has 3 nitrogen and oxygen atoms in total. The maximum Gasteiger partial charge on any atom is 0.179 e. The van der Waals surface area contributed by atoms with Crippen LogP contribution in [0.1, 0.15) is 23.2 Å². The first-order chi connectivity index (χ1) is 8.06. The van der Waals surface area contributed by atoms with E-state index in [1.807, 2.05) is 0 Å². The molecule has 1 aromatic rings. The van der Waals surface area contributed by atoms with Crippen LogP contribution in [0.25, 0.3) is 0 Å². The van der Waals surface area contributed by atoms with E-state index < -0.39 is 6.04 Å². The largest absolute Gasteiger partial charge is 0.385 e. The highest BCUT2D eigenvalue weighted by Gasteiger charge is 2.16. The summed E-state index contributed by atoms with van der Waals surface area (Å²) in [5, 5.41) is 0.790. The number of nitrogens with two attached hydrogens (primary N) is 1. The Labute approximate surface area is 111 Å². The number of benzene rings is 1. The second-order valence-corrected chi connectivity index (χ2v) is 4.55. The molecule has 0 aromatic heterocycles. The molecule has 5 heteroatoms. The zero-order chi connectivity index (χ0) is 12.8. The van der Waals surface area contributed by atoms with Crippen molar-refractivity contribution < 1.29 is 9.53 Å². The van der Waals surface area contributed by atoms with E-state index in [4.69, 9.17) is 33.7 Å². The van der Waals surface area contributed by atoms with E-state index in [-0.39, 0.29) is 5.78 Å². The Balaban J connectivity index is 2.65. The Hall–Kier alpha value is -0.610. The predicted octanol–water partition coefficient (Wildman–Crippen LogP) is 2.93. The van der Waals surface area contributed by atoms with Crippen LogP contribution in [0.4, 0.5) is 0 Å². The highest BCUT2D eigenvalue weighted by atomic mass is 35.5. The van der Waals surface area contributed by atoms with Crippen molar-refractivity contribution in [2.24, 2.45) is 5.73 Å². The molecule has 0 aliphatic rings. The van der Waals surface area contributed by atoms with Crippen LogP contribution in [0, 0.1) is 0 Å². The van der Waals surface area contributed by atoms with Gasteiger partial charge >= 0.3 is 0 Å². The number of hydrogen-bond donors (Lipinski definition) is 1. The third kappa shape index (κ3) is 4.28. The normalized spacial score (nSPS) is 12.5. The lowest BCUT2D eigenvalue weighted by molar-refractivity contribution is 0.0950. The summed E-state index contributed by atoms with van der Waals surface area (Å²) in [5.74, 6) is -0.125. The highest BCUT2D eigenvalue weighted by molar-refractivity contribution is 6.42. The molecule has 0 fully saturated rings. The summed E-state index contributed by atoms with van der Waals surface area (Å²) >= 11 is 11.6. The van der Waals surface area contributed by atoms with Crippen LogP contribution in [-0.4, -0.2) is 25.5 Å². The van der Waals surface area contributed by atoms with Crippen molar-refractivity contribution in [1.29, 1.82) is 0 Å². The number of halogens is 2. The predicted molar refractivity (Wildman–Crippen MR) is 69.9 cm³/mol. The summed E-state index contributed by atoms with van der Waals surface area (Å²) in [6, 6.07) is 4.25. The molecule has 0 bridgehead atoms. The lowest BCUT2D eigenvalue weighted by atomic mass is 10.0. The fourth-order valence-electron chi connectivity index (χ4n) is 1.44. The van der Waals surface area contributed by atoms with Gasteiger partial charge in [0.1, 0.15) is 0 Å². The zero-order valence-electron chi connectivity index (χ0n) is 9.58. The van der Waals surface area contributed by atoms with Crippen LogP contribution < -0.4 is 5.73 Å². The van der Waals surface area contributed by atoms with Crippen molar-refractivity contribution in [2.75, 3.05) is 13.7 Å². The van der Waals surface area contributed by atoms with Crippen LogP contribution in [0.2, 0.25) is 10.0 Å². The standard InChI is InChI=1S/C12H15Cl2NO2/c1-17-6-2-3-11(15)12(16)8-4-5-9(13)10(14)7-8/h4-5,7,11H,2-3,6,15H2,1H3. The number of carbonyl (C=O) groups excluding carboxylic acids is 1. The maximum absolute atomic E-state index is 11.9. The van der Waals surface area contributed by atoms with Crippen LogP contribution in [0.3, 0.4) is 0 Å². The smallest absolute Gasteiger partial charge is 0.179 e. The van der Waals surface area contributed by atoms with E-state index in [1.54, 1.807) is 25.3 Å². The number of rotatable bonds is 6. The summed E-state index contributed by atoms with van der Waals surface area (Å²) < 4.78 is 4.91. The van der Waals surface area contributed by atoms with E-state index >= 15 is 0 Å². The monoisotopic (exact) mass is 275 g/mol. The van der Waals surface area contributed by atoms with Crippen LogP contribution in [-0.2, 0) is 4.74 Å². The lowest BCUT2D eigenvalue weighted by Crippen LogP contribution is -2.30. The minimum Gasteiger partial charge on any atom is -0.385 e. The first-order valence-corrected chi connectivity index (χ1v) is 6.05.